The van der Waals surface area contributed by atoms with E-state index in [0.717, 1.165) is 6.42 Å². The zero-order valence-corrected chi connectivity index (χ0v) is 17.6. The third-order valence-electron chi connectivity index (χ3n) is 5.89. The molecule has 0 N–H and O–H groups in total. The van der Waals surface area contributed by atoms with E-state index >= 15 is 0 Å². The number of halogens is 2. The van der Waals surface area contributed by atoms with Crippen molar-refractivity contribution >= 4 is 29.1 Å². The lowest BCUT2D eigenvalue weighted by Crippen LogP contribution is -2.54. The first-order chi connectivity index (χ1) is 13.0. The number of amides is 1. The Morgan fingerprint density at radius 1 is 1.04 bits per heavy atom. The molecule has 1 aromatic rings. The molecule has 27 heavy (non-hydrogen) atoms. The maximum atomic E-state index is 12.8. The summed E-state index contributed by atoms with van der Waals surface area (Å²) in [5.41, 5.74) is 0. The molecule has 1 aliphatic heterocycles. The van der Waals surface area contributed by atoms with Gasteiger partial charge in [-0.3, -0.25) is 9.69 Å². The Morgan fingerprint density at radius 2 is 1.67 bits per heavy atom. The highest BCUT2D eigenvalue weighted by Gasteiger charge is 2.34. The SMILES string of the molecule is CN(C(=O)COc1cc(Cl)cc(Cl)c1)[C@@H]1CCCC[C@H]1N1CCCCCC1. The van der Waals surface area contributed by atoms with Crippen LogP contribution in [0.15, 0.2) is 18.2 Å². The molecule has 0 unspecified atom stereocenters. The lowest BCUT2D eigenvalue weighted by atomic mass is 9.88. The first-order valence-electron chi connectivity index (χ1n) is 10.1. The van der Waals surface area contributed by atoms with E-state index in [1.54, 1.807) is 18.2 Å². The molecule has 1 aliphatic carbocycles. The number of likely N-dealkylation sites (N-methyl/N-ethyl adjacent to an activating group) is 1. The Labute approximate surface area is 172 Å². The number of hydrogen-bond acceptors (Lipinski definition) is 3. The van der Waals surface area contributed by atoms with Gasteiger partial charge in [-0.05, 0) is 57.0 Å². The van der Waals surface area contributed by atoms with Crippen LogP contribution in [0.1, 0.15) is 51.4 Å². The number of ether oxygens (including phenoxy) is 1. The zero-order chi connectivity index (χ0) is 19.2. The van der Waals surface area contributed by atoms with Crippen LogP contribution in [0.5, 0.6) is 5.75 Å². The zero-order valence-electron chi connectivity index (χ0n) is 16.1. The number of nitrogens with zero attached hydrogens (tertiary/aromatic N) is 2. The van der Waals surface area contributed by atoms with Gasteiger partial charge in [0.15, 0.2) is 6.61 Å². The molecule has 2 atom stereocenters. The second kappa shape index (κ2) is 9.99. The molecule has 0 spiro atoms. The Hall–Kier alpha value is -0.970. The van der Waals surface area contributed by atoms with E-state index in [4.69, 9.17) is 27.9 Å². The van der Waals surface area contributed by atoms with Crippen molar-refractivity contribution in [3.8, 4) is 5.75 Å². The highest BCUT2D eigenvalue weighted by molar-refractivity contribution is 6.34. The molecule has 0 aromatic heterocycles. The van der Waals surface area contributed by atoms with Gasteiger partial charge in [0, 0.05) is 29.2 Å². The number of hydrogen-bond donors (Lipinski definition) is 0. The minimum Gasteiger partial charge on any atom is -0.484 e. The van der Waals surface area contributed by atoms with Crippen LogP contribution < -0.4 is 4.74 Å². The molecule has 2 aliphatic rings. The molecule has 3 rings (SSSR count). The van der Waals surface area contributed by atoms with Gasteiger partial charge in [0.25, 0.3) is 5.91 Å². The van der Waals surface area contributed by atoms with E-state index in [1.165, 1.54) is 58.0 Å². The molecule has 1 heterocycles. The van der Waals surface area contributed by atoms with Crippen molar-refractivity contribution in [1.82, 2.24) is 9.80 Å². The first-order valence-corrected chi connectivity index (χ1v) is 10.9. The lowest BCUT2D eigenvalue weighted by molar-refractivity contribution is -0.136. The van der Waals surface area contributed by atoms with Crippen LogP contribution in [0, 0.1) is 0 Å². The average molecular weight is 413 g/mol. The summed E-state index contributed by atoms with van der Waals surface area (Å²) < 4.78 is 5.67. The van der Waals surface area contributed by atoms with Crippen LogP contribution in [-0.4, -0.2) is 54.5 Å². The van der Waals surface area contributed by atoms with Gasteiger partial charge < -0.3 is 9.64 Å². The number of likely N-dealkylation sites (tertiary alicyclic amines) is 1. The minimum absolute atomic E-state index is 0.0103. The van der Waals surface area contributed by atoms with Crippen LogP contribution in [0.4, 0.5) is 0 Å². The molecule has 1 saturated carbocycles. The van der Waals surface area contributed by atoms with Gasteiger partial charge in [-0.1, -0.05) is 48.9 Å². The summed E-state index contributed by atoms with van der Waals surface area (Å²) >= 11 is 12.0. The number of rotatable bonds is 5. The molecule has 4 nitrogen and oxygen atoms in total. The van der Waals surface area contributed by atoms with Crippen molar-refractivity contribution in [2.75, 3.05) is 26.7 Å². The summed E-state index contributed by atoms with van der Waals surface area (Å²) in [7, 11) is 1.93. The largest absolute Gasteiger partial charge is 0.484 e. The van der Waals surface area contributed by atoms with Crippen LogP contribution in [0.3, 0.4) is 0 Å². The number of carbonyl (C=O) groups excluding carboxylic acids is 1. The smallest absolute Gasteiger partial charge is 0.260 e. The van der Waals surface area contributed by atoms with Crippen LogP contribution in [0.2, 0.25) is 10.0 Å². The quantitative estimate of drug-likeness (QED) is 0.680. The summed E-state index contributed by atoms with van der Waals surface area (Å²) in [4.78, 5) is 17.4. The van der Waals surface area contributed by atoms with Crippen molar-refractivity contribution in [2.45, 2.75) is 63.5 Å². The molecule has 2 fully saturated rings. The Morgan fingerprint density at radius 3 is 2.33 bits per heavy atom. The summed E-state index contributed by atoms with van der Waals surface area (Å²) in [6.07, 6.45) is 9.93. The van der Waals surface area contributed by atoms with Crippen LogP contribution in [0.25, 0.3) is 0 Å². The Balaban J connectivity index is 1.61. The predicted molar refractivity (Wildman–Crippen MR) is 111 cm³/mol. The van der Waals surface area contributed by atoms with Gasteiger partial charge in [-0.2, -0.15) is 0 Å². The highest BCUT2D eigenvalue weighted by Crippen LogP contribution is 2.29. The fourth-order valence-electron chi connectivity index (χ4n) is 4.44. The van der Waals surface area contributed by atoms with E-state index in [-0.39, 0.29) is 18.6 Å². The van der Waals surface area contributed by atoms with Gasteiger partial charge in [0.1, 0.15) is 5.75 Å². The molecule has 1 saturated heterocycles. The predicted octanol–water partition coefficient (Wildman–Crippen LogP) is 5.02. The maximum absolute atomic E-state index is 12.8. The molecule has 150 valence electrons. The van der Waals surface area contributed by atoms with E-state index in [9.17, 15) is 4.79 Å². The normalized spacial score (nSPS) is 24.3. The Bertz CT molecular complexity index is 612. The first kappa shape index (κ1) is 20.8. The lowest BCUT2D eigenvalue weighted by Gasteiger charge is -2.43. The average Bonchev–Trinajstić information content (AvgIpc) is 2.94. The molecule has 0 bridgehead atoms. The van der Waals surface area contributed by atoms with E-state index < -0.39 is 0 Å². The summed E-state index contributed by atoms with van der Waals surface area (Å²) in [5.74, 6) is 0.541. The topological polar surface area (TPSA) is 32.8 Å². The van der Waals surface area contributed by atoms with Gasteiger partial charge in [0.2, 0.25) is 0 Å². The van der Waals surface area contributed by atoms with E-state index in [2.05, 4.69) is 4.90 Å². The Kier molecular flexibility index (Phi) is 7.68. The number of benzene rings is 1. The molecule has 1 aromatic carbocycles. The third kappa shape index (κ3) is 5.75. The van der Waals surface area contributed by atoms with Crippen molar-refractivity contribution < 1.29 is 9.53 Å². The summed E-state index contributed by atoms with van der Waals surface area (Å²) in [6, 6.07) is 5.77. The summed E-state index contributed by atoms with van der Waals surface area (Å²) in [6.45, 7) is 2.35. The van der Waals surface area contributed by atoms with Crippen LogP contribution in [-0.2, 0) is 4.79 Å². The second-order valence-electron chi connectivity index (χ2n) is 7.77. The molecule has 0 radical (unpaired) electrons. The van der Waals surface area contributed by atoms with Gasteiger partial charge in [-0.15, -0.1) is 0 Å². The van der Waals surface area contributed by atoms with Gasteiger partial charge >= 0.3 is 0 Å². The van der Waals surface area contributed by atoms with E-state index in [1.807, 2.05) is 11.9 Å². The third-order valence-corrected chi connectivity index (χ3v) is 6.33. The van der Waals surface area contributed by atoms with Crippen LogP contribution >= 0.6 is 23.2 Å². The van der Waals surface area contributed by atoms with Crippen molar-refractivity contribution in [1.29, 1.82) is 0 Å². The standard InChI is InChI=1S/C21H30Cl2N2O2/c1-24(21(26)15-27-18-13-16(22)12-17(23)14-18)19-8-4-5-9-20(19)25-10-6-2-3-7-11-25/h12-14,19-20H,2-11,15H2,1H3/t19-,20-/m1/s1. The summed E-state index contributed by atoms with van der Waals surface area (Å²) in [5, 5.41) is 1.01. The monoisotopic (exact) mass is 412 g/mol. The van der Waals surface area contributed by atoms with Crippen molar-refractivity contribution in [3.63, 3.8) is 0 Å². The van der Waals surface area contributed by atoms with E-state index in [0.29, 0.717) is 21.8 Å². The fourth-order valence-corrected chi connectivity index (χ4v) is 4.95. The molecular formula is C21H30Cl2N2O2. The molecular weight excluding hydrogens is 383 g/mol. The molecule has 6 heteroatoms. The van der Waals surface area contributed by atoms with Gasteiger partial charge in [-0.25, -0.2) is 0 Å². The molecule has 1 amide bonds. The second-order valence-corrected chi connectivity index (χ2v) is 8.64. The minimum atomic E-state index is 0.0103. The number of carbonyl (C=O) groups is 1. The van der Waals surface area contributed by atoms with Crippen molar-refractivity contribution in [3.05, 3.63) is 28.2 Å². The highest BCUT2D eigenvalue weighted by atomic mass is 35.5. The maximum Gasteiger partial charge on any atom is 0.260 e. The fraction of sp³-hybridized carbons (Fsp3) is 0.667. The van der Waals surface area contributed by atoms with Gasteiger partial charge in [0.05, 0.1) is 0 Å². The van der Waals surface area contributed by atoms with Crippen molar-refractivity contribution in [2.24, 2.45) is 0 Å².